The zero-order chi connectivity index (χ0) is 23.0. The van der Waals surface area contributed by atoms with Gasteiger partial charge in [-0.1, -0.05) is 48.5 Å². The van der Waals surface area contributed by atoms with Crippen LogP contribution < -0.4 is 5.32 Å². The maximum absolute atomic E-state index is 13.7. The Kier molecular flexibility index (Phi) is 4.67. The molecule has 0 saturated carbocycles. The van der Waals surface area contributed by atoms with Gasteiger partial charge in [-0.25, -0.2) is 0 Å². The number of halogens is 2. The largest absolute Gasteiger partial charge is 0.376 e. The Bertz CT molecular complexity index is 1070. The zero-order valence-electron chi connectivity index (χ0n) is 17.7. The van der Waals surface area contributed by atoms with E-state index in [0.29, 0.717) is 13.2 Å². The van der Waals surface area contributed by atoms with Gasteiger partial charge < -0.3 is 10.1 Å². The molecule has 2 heterocycles. The summed E-state index contributed by atoms with van der Waals surface area (Å²) in [4.78, 5) is 38.5. The maximum Gasteiger partial charge on any atom is 0.240 e. The number of carbonyl (C=O) groups excluding carboxylic acids is 3. The molecule has 2 saturated heterocycles. The molecule has 0 radical (unpaired) electrons. The van der Waals surface area contributed by atoms with E-state index in [1.165, 1.54) is 0 Å². The first kappa shape index (κ1) is 21.1. The van der Waals surface area contributed by atoms with Crippen LogP contribution in [0.25, 0.3) is 0 Å². The Hall–Kier alpha value is -2.41. The van der Waals surface area contributed by atoms with Crippen LogP contribution in [0.15, 0.2) is 48.5 Å². The molecule has 1 N–H and O–H groups in total. The zero-order valence-corrected chi connectivity index (χ0v) is 19.2. The minimum atomic E-state index is -1.23. The second-order valence-corrected chi connectivity index (χ2v) is 10.4. The predicted octanol–water partition coefficient (Wildman–Crippen LogP) is 2.87. The molecule has 7 rings (SSSR count). The van der Waals surface area contributed by atoms with E-state index in [1.807, 2.05) is 48.5 Å². The van der Waals surface area contributed by atoms with E-state index in [2.05, 4.69) is 5.32 Å². The number of rotatable bonds is 4. The van der Waals surface area contributed by atoms with Gasteiger partial charge in [-0.3, -0.25) is 19.3 Å². The standard InChI is InChI=1S/C25H22Cl2N2O4/c26-24-15-7-1-2-8-16(15)25(27,18-10-4-3-9-17(18)24)21-20(24)22(31)29(23(21)32)13-19(30)28-12-14-6-5-11-33-14/h1-4,7-10,14,20-21H,5-6,11-13H2,(H,28,30)/t14-,20+,21+,24?,25?/m1/s1. The number of nitrogens with zero attached hydrogens (tertiary/aromatic N) is 1. The van der Waals surface area contributed by atoms with Crippen LogP contribution in [0.1, 0.15) is 35.1 Å². The fourth-order valence-corrected chi connectivity index (χ4v) is 7.21. The summed E-state index contributed by atoms with van der Waals surface area (Å²) in [6.45, 7) is 0.686. The highest BCUT2D eigenvalue weighted by molar-refractivity contribution is 6.36. The van der Waals surface area contributed by atoms with E-state index in [4.69, 9.17) is 27.9 Å². The summed E-state index contributed by atoms with van der Waals surface area (Å²) in [6, 6.07) is 14.9. The first-order valence-corrected chi connectivity index (χ1v) is 12.0. The van der Waals surface area contributed by atoms with Crippen LogP contribution in [-0.2, 0) is 28.9 Å². The molecular weight excluding hydrogens is 463 g/mol. The molecule has 8 heteroatoms. The molecule has 6 nitrogen and oxygen atoms in total. The summed E-state index contributed by atoms with van der Waals surface area (Å²) in [7, 11) is 0. The molecule has 0 aromatic heterocycles. The van der Waals surface area contributed by atoms with Crippen molar-refractivity contribution in [3.8, 4) is 0 Å². The van der Waals surface area contributed by atoms with Crippen molar-refractivity contribution >= 4 is 40.9 Å². The number of nitrogens with one attached hydrogen (secondary N) is 1. The van der Waals surface area contributed by atoms with E-state index in [-0.39, 0.29) is 12.6 Å². The number of imide groups is 1. The molecule has 3 amide bonds. The molecule has 0 unspecified atom stereocenters. The molecule has 3 aliphatic carbocycles. The summed E-state index contributed by atoms with van der Waals surface area (Å²) in [5.41, 5.74) is 2.97. The van der Waals surface area contributed by atoms with Crippen LogP contribution in [0.4, 0.5) is 0 Å². The predicted molar refractivity (Wildman–Crippen MR) is 122 cm³/mol. The molecular formula is C25H22Cl2N2O4. The van der Waals surface area contributed by atoms with Gasteiger partial charge in [0.15, 0.2) is 0 Å². The van der Waals surface area contributed by atoms with Crippen molar-refractivity contribution in [3.63, 3.8) is 0 Å². The van der Waals surface area contributed by atoms with Crippen molar-refractivity contribution in [1.82, 2.24) is 10.2 Å². The summed E-state index contributed by atoms with van der Waals surface area (Å²) in [6.07, 6.45) is 1.81. The van der Waals surface area contributed by atoms with Gasteiger partial charge in [0.25, 0.3) is 0 Å². The molecule has 0 spiro atoms. The third kappa shape index (κ3) is 2.69. The highest BCUT2D eigenvalue weighted by Gasteiger charge is 2.73. The number of carbonyl (C=O) groups is 3. The average Bonchev–Trinajstić information content (AvgIpc) is 3.44. The quantitative estimate of drug-likeness (QED) is 0.534. The van der Waals surface area contributed by atoms with Crippen LogP contribution in [0.5, 0.6) is 0 Å². The number of ether oxygens (including phenoxy) is 1. The molecule has 2 aromatic rings. The van der Waals surface area contributed by atoms with Gasteiger partial charge in [-0.05, 0) is 35.1 Å². The van der Waals surface area contributed by atoms with Gasteiger partial charge in [0.05, 0.1) is 17.9 Å². The van der Waals surface area contributed by atoms with E-state index in [9.17, 15) is 14.4 Å². The molecule has 2 aromatic carbocycles. The lowest BCUT2D eigenvalue weighted by Crippen LogP contribution is -2.57. The van der Waals surface area contributed by atoms with Crippen LogP contribution >= 0.6 is 23.2 Å². The Morgan fingerprint density at radius 1 is 0.939 bits per heavy atom. The molecule has 33 heavy (non-hydrogen) atoms. The molecule has 2 aliphatic heterocycles. The minimum absolute atomic E-state index is 0.0291. The first-order chi connectivity index (χ1) is 15.9. The SMILES string of the molecule is O=C(CN1C(=O)[C@@H]2[C@@H](C1=O)C1(Cl)c3ccccc3C2(Cl)c2ccccc21)NC[C@H]1CCCO1. The van der Waals surface area contributed by atoms with Gasteiger partial charge in [0.2, 0.25) is 17.7 Å². The molecule has 2 bridgehead atoms. The van der Waals surface area contributed by atoms with E-state index < -0.39 is 39.3 Å². The highest BCUT2D eigenvalue weighted by atomic mass is 35.5. The maximum atomic E-state index is 13.7. The van der Waals surface area contributed by atoms with Crippen LogP contribution in [0.2, 0.25) is 0 Å². The summed E-state index contributed by atoms with van der Waals surface area (Å²) in [5.74, 6) is -3.09. The van der Waals surface area contributed by atoms with Crippen molar-refractivity contribution in [2.24, 2.45) is 11.8 Å². The normalized spacial score (nSPS) is 33.6. The van der Waals surface area contributed by atoms with Crippen molar-refractivity contribution < 1.29 is 19.1 Å². The number of hydrogen-bond donors (Lipinski definition) is 1. The third-order valence-electron chi connectivity index (χ3n) is 7.53. The molecule has 2 fully saturated rings. The smallest absolute Gasteiger partial charge is 0.240 e. The van der Waals surface area contributed by atoms with Gasteiger partial charge in [-0.15, -0.1) is 23.2 Å². The Balaban J connectivity index is 1.38. The van der Waals surface area contributed by atoms with Crippen LogP contribution in [0, 0.1) is 11.8 Å². The lowest BCUT2D eigenvalue weighted by molar-refractivity contribution is -0.143. The Morgan fingerprint density at radius 2 is 1.42 bits per heavy atom. The summed E-state index contributed by atoms with van der Waals surface area (Å²) < 4.78 is 5.53. The van der Waals surface area contributed by atoms with E-state index in [0.717, 1.165) is 40.0 Å². The van der Waals surface area contributed by atoms with Gasteiger partial charge in [0, 0.05) is 13.2 Å². The number of likely N-dealkylation sites (tertiary alicyclic amines) is 1. The van der Waals surface area contributed by atoms with Gasteiger partial charge >= 0.3 is 0 Å². The summed E-state index contributed by atoms with van der Waals surface area (Å²) in [5, 5.41) is 2.79. The second kappa shape index (κ2) is 7.29. The number of amides is 3. The van der Waals surface area contributed by atoms with Crippen LogP contribution in [0.3, 0.4) is 0 Å². The summed E-state index contributed by atoms with van der Waals surface area (Å²) >= 11 is 14.7. The average molecular weight is 485 g/mol. The van der Waals surface area contributed by atoms with Crippen molar-refractivity contribution in [2.45, 2.75) is 28.7 Å². The van der Waals surface area contributed by atoms with Crippen molar-refractivity contribution in [1.29, 1.82) is 0 Å². The third-order valence-corrected chi connectivity index (χ3v) is 8.81. The topological polar surface area (TPSA) is 75.7 Å². The van der Waals surface area contributed by atoms with Crippen molar-refractivity contribution in [2.75, 3.05) is 19.7 Å². The Morgan fingerprint density at radius 3 is 1.85 bits per heavy atom. The van der Waals surface area contributed by atoms with E-state index >= 15 is 0 Å². The lowest BCUT2D eigenvalue weighted by atomic mass is 9.54. The lowest BCUT2D eigenvalue weighted by Gasteiger charge is -2.54. The monoisotopic (exact) mass is 484 g/mol. The number of alkyl halides is 2. The first-order valence-electron chi connectivity index (χ1n) is 11.2. The molecule has 5 aliphatic rings. The molecule has 170 valence electrons. The highest BCUT2D eigenvalue weighted by Crippen LogP contribution is 2.69. The fraction of sp³-hybridized carbons (Fsp3) is 0.400. The fourth-order valence-electron chi connectivity index (χ4n) is 6.11. The minimum Gasteiger partial charge on any atom is -0.376 e. The van der Waals surface area contributed by atoms with E-state index in [1.54, 1.807) is 0 Å². The Labute approximate surface area is 201 Å². The van der Waals surface area contributed by atoms with Crippen LogP contribution in [-0.4, -0.2) is 48.4 Å². The second-order valence-electron chi connectivity index (χ2n) is 9.17. The number of benzene rings is 2. The van der Waals surface area contributed by atoms with Gasteiger partial charge in [0.1, 0.15) is 16.3 Å². The molecule has 3 atom stereocenters. The number of hydrogen-bond acceptors (Lipinski definition) is 4. The van der Waals surface area contributed by atoms with Crippen molar-refractivity contribution in [3.05, 3.63) is 70.8 Å². The van der Waals surface area contributed by atoms with Gasteiger partial charge in [-0.2, -0.15) is 0 Å².